The molecular formula is C7H12N2O. The summed E-state index contributed by atoms with van der Waals surface area (Å²) >= 11 is 0. The van der Waals surface area contributed by atoms with Gasteiger partial charge in [0.1, 0.15) is 0 Å². The van der Waals surface area contributed by atoms with Gasteiger partial charge < -0.3 is 0 Å². The predicted molar refractivity (Wildman–Crippen MR) is 39.7 cm³/mol. The van der Waals surface area contributed by atoms with Gasteiger partial charge in [0.25, 0.3) is 0 Å². The fourth-order valence-corrected chi connectivity index (χ4v) is 0.918. The highest BCUT2D eigenvalue weighted by Gasteiger charge is 2.07. The molecule has 0 fully saturated rings. The summed E-state index contributed by atoms with van der Waals surface area (Å²) in [6, 6.07) is 0. The second-order valence-corrected chi connectivity index (χ2v) is 2.46. The van der Waals surface area contributed by atoms with Crippen molar-refractivity contribution < 1.29 is 4.79 Å². The third-order valence-electron chi connectivity index (χ3n) is 1.59. The molecule has 0 saturated heterocycles. The minimum atomic E-state index is 0.121. The lowest BCUT2D eigenvalue weighted by molar-refractivity contribution is -0.130. The predicted octanol–water partition coefficient (Wildman–Crippen LogP) is 1.00. The Kier molecular flexibility index (Phi) is 2.42. The van der Waals surface area contributed by atoms with Gasteiger partial charge >= 0.3 is 0 Å². The van der Waals surface area contributed by atoms with Gasteiger partial charge in [0, 0.05) is 19.7 Å². The highest BCUT2D eigenvalue weighted by atomic mass is 16.2. The van der Waals surface area contributed by atoms with Gasteiger partial charge in [-0.15, -0.1) is 0 Å². The number of nitrogens with zero attached hydrogens (tertiary/aromatic N) is 2. The van der Waals surface area contributed by atoms with Crippen LogP contribution in [0.1, 0.15) is 25.7 Å². The molecule has 56 valence electrons. The molecule has 0 aromatic heterocycles. The number of hydrogen-bond acceptors (Lipinski definition) is 2. The Bertz CT molecular complexity index is 154. The summed E-state index contributed by atoms with van der Waals surface area (Å²) < 4.78 is 0. The molecule has 3 heteroatoms. The van der Waals surface area contributed by atoms with E-state index in [2.05, 4.69) is 5.10 Å². The molecule has 0 radical (unpaired) electrons. The van der Waals surface area contributed by atoms with Crippen LogP contribution in [-0.4, -0.2) is 24.2 Å². The van der Waals surface area contributed by atoms with E-state index in [9.17, 15) is 4.79 Å². The molecule has 0 aromatic carbocycles. The Labute approximate surface area is 60.7 Å². The molecule has 10 heavy (non-hydrogen) atoms. The zero-order valence-corrected chi connectivity index (χ0v) is 6.21. The lowest BCUT2D eigenvalue weighted by atomic mass is 10.2. The van der Waals surface area contributed by atoms with E-state index in [0.717, 1.165) is 19.3 Å². The third-order valence-corrected chi connectivity index (χ3v) is 1.59. The molecule has 0 saturated carbocycles. The van der Waals surface area contributed by atoms with Gasteiger partial charge in [-0.25, -0.2) is 5.01 Å². The monoisotopic (exact) mass is 140 g/mol. The summed E-state index contributed by atoms with van der Waals surface area (Å²) in [5.41, 5.74) is 0. The molecule has 1 rings (SSSR count). The molecule has 1 aliphatic heterocycles. The van der Waals surface area contributed by atoms with Crippen LogP contribution in [0.25, 0.3) is 0 Å². The Hall–Kier alpha value is -0.860. The summed E-state index contributed by atoms with van der Waals surface area (Å²) in [6.07, 6.45) is 5.53. The van der Waals surface area contributed by atoms with Crippen LogP contribution >= 0.6 is 0 Å². The van der Waals surface area contributed by atoms with Crippen molar-refractivity contribution in [3.05, 3.63) is 0 Å². The Morgan fingerprint density at radius 1 is 1.60 bits per heavy atom. The van der Waals surface area contributed by atoms with Gasteiger partial charge in [0.2, 0.25) is 5.91 Å². The molecule has 0 N–H and O–H groups in total. The molecule has 0 aliphatic carbocycles. The van der Waals surface area contributed by atoms with Gasteiger partial charge in [0.05, 0.1) is 0 Å². The Morgan fingerprint density at radius 3 is 3.20 bits per heavy atom. The molecule has 0 unspecified atom stereocenters. The maximum atomic E-state index is 11.0. The molecule has 0 aromatic rings. The molecule has 1 heterocycles. The van der Waals surface area contributed by atoms with Crippen LogP contribution in [0.3, 0.4) is 0 Å². The van der Waals surface area contributed by atoms with E-state index in [1.807, 2.05) is 0 Å². The first-order chi connectivity index (χ1) is 4.80. The Morgan fingerprint density at radius 2 is 2.40 bits per heavy atom. The molecule has 1 amide bonds. The molecule has 1 aliphatic rings. The van der Waals surface area contributed by atoms with E-state index in [1.165, 1.54) is 5.01 Å². The van der Waals surface area contributed by atoms with Gasteiger partial charge in [-0.05, 0) is 19.3 Å². The van der Waals surface area contributed by atoms with Gasteiger partial charge in [-0.1, -0.05) is 0 Å². The number of amides is 1. The van der Waals surface area contributed by atoms with E-state index < -0.39 is 0 Å². The summed E-state index contributed by atoms with van der Waals surface area (Å²) in [4.78, 5) is 11.0. The van der Waals surface area contributed by atoms with Crippen molar-refractivity contribution in [2.75, 3.05) is 7.05 Å². The first-order valence-electron chi connectivity index (χ1n) is 3.59. The van der Waals surface area contributed by atoms with Crippen molar-refractivity contribution in [3.63, 3.8) is 0 Å². The second kappa shape index (κ2) is 3.34. The third kappa shape index (κ3) is 1.83. The van der Waals surface area contributed by atoms with E-state index in [1.54, 1.807) is 13.3 Å². The van der Waals surface area contributed by atoms with Gasteiger partial charge in [0.15, 0.2) is 0 Å². The molecular weight excluding hydrogens is 128 g/mol. The van der Waals surface area contributed by atoms with Crippen LogP contribution in [0, 0.1) is 0 Å². The van der Waals surface area contributed by atoms with E-state index in [0.29, 0.717) is 6.42 Å². The number of hydrazone groups is 1. The quantitative estimate of drug-likeness (QED) is 0.494. The highest BCUT2D eigenvalue weighted by Crippen LogP contribution is 2.04. The fraction of sp³-hybridized carbons (Fsp3) is 0.714. The average molecular weight is 140 g/mol. The van der Waals surface area contributed by atoms with Gasteiger partial charge in [-0.2, -0.15) is 5.10 Å². The summed E-state index contributed by atoms with van der Waals surface area (Å²) in [7, 11) is 1.70. The van der Waals surface area contributed by atoms with Crippen molar-refractivity contribution >= 4 is 12.1 Å². The largest absolute Gasteiger partial charge is 0.273 e. The summed E-state index contributed by atoms with van der Waals surface area (Å²) in [5, 5.41) is 5.34. The number of carbonyl (C=O) groups is 1. The van der Waals surface area contributed by atoms with E-state index in [4.69, 9.17) is 0 Å². The van der Waals surface area contributed by atoms with Crippen LogP contribution in [0.15, 0.2) is 5.10 Å². The lowest BCUT2D eigenvalue weighted by Crippen LogP contribution is -2.21. The average Bonchev–Trinajstić information content (AvgIpc) is 1.92. The minimum Gasteiger partial charge on any atom is -0.273 e. The van der Waals surface area contributed by atoms with Crippen LogP contribution in [0.5, 0.6) is 0 Å². The molecule has 0 bridgehead atoms. The second-order valence-electron chi connectivity index (χ2n) is 2.46. The standard InChI is InChI=1S/C7H12N2O/c1-9-7(10)5-3-2-4-6-8-9/h6H,2-5H2,1H3/b8-6-. The number of rotatable bonds is 0. The maximum absolute atomic E-state index is 11.0. The lowest BCUT2D eigenvalue weighted by Gasteiger charge is -2.12. The van der Waals surface area contributed by atoms with Crippen molar-refractivity contribution in [1.29, 1.82) is 0 Å². The van der Waals surface area contributed by atoms with Gasteiger partial charge in [-0.3, -0.25) is 4.79 Å². The van der Waals surface area contributed by atoms with Crippen molar-refractivity contribution in [2.45, 2.75) is 25.7 Å². The topological polar surface area (TPSA) is 32.7 Å². The van der Waals surface area contributed by atoms with Crippen LogP contribution in [-0.2, 0) is 4.79 Å². The van der Waals surface area contributed by atoms with E-state index in [-0.39, 0.29) is 5.91 Å². The zero-order valence-electron chi connectivity index (χ0n) is 6.21. The fourth-order valence-electron chi connectivity index (χ4n) is 0.918. The first-order valence-corrected chi connectivity index (χ1v) is 3.59. The highest BCUT2D eigenvalue weighted by molar-refractivity contribution is 5.77. The summed E-state index contributed by atoms with van der Waals surface area (Å²) in [6.45, 7) is 0. The van der Waals surface area contributed by atoms with Crippen molar-refractivity contribution in [1.82, 2.24) is 5.01 Å². The molecule has 0 spiro atoms. The van der Waals surface area contributed by atoms with Crippen LogP contribution in [0.2, 0.25) is 0 Å². The number of hydrogen-bond donors (Lipinski definition) is 0. The SMILES string of the molecule is CN1/N=C\CCCCC1=O. The number of carbonyl (C=O) groups excluding carboxylic acids is 1. The zero-order chi connectivity index (χ0) is 7.40. The van der Waals surface area contributed by atoms with Crippen molar-refractivity contribution in [2.24, 2.45) is 5.10 Å². The summed E-state index contributed by atoms with van der Waals surface area (Å²) in [5.74, 6) is 0.121. The first kappa shape index (κ1) is 7.25. The normalized spacial score (nSPS) is 23.7. The van der Waals surface area contributed by atoms with Crippen LogP contribution in [0.4, 0.5) is 0 Å². The Balaban J connectivity index is 2.53. The molecule has 3 nitrogen and oxygen atoms in total. The van der Waals surface area contributed by atoms with Crippen LogP contribution < -0.4 is 0 Å². The maximum Gasteiger partial charge on any atom is 0.242 e. The smallest absolute Gasteiger partial charge is 0.242 e. The van der Waals surface area contributed by atoms with Crippen molar-refractivity contribution in [3.8, 4) is 0 Å². The van der Waals surface area contributed by atoms with E-state index >= 15 is 0 Å². The molecule has 0 atom stereocenters. The minimum absolute atomic E-state index is 0.121.